The Labute approximate surface area is 88.7 Å². The highest BCUT2D eigenvalue weighted by molar-refractivity contribution is 6.31. The van der Waals surface area contributed by atoms with Gasteiger partial charge in [-0.2, -0.15) is 0 Å². The average molecular weight is 207 g/mol. The second kappa shape index (κ2) is 5.35. The van der Waals surface area contributed by atoms with Crippen LogP contribution >= 0.6 is 11.6 Å². The molecule has 0 aliphatic carbocycles. The van der Waals surface area contributed by atoms with Crippen LogP contribution in [-0.2, 0) is 0 Å². The minimum atomic E-state index is 0.495. The summed E-state index contributed by atoms with van der Waals surface area (Å²) in [6, 6.07) is 3.76. The summed E-state index contributed by atoms with van der Waals surface area (Å²) in [6.07, 6.45) is 7.08. The molecule has 3 heteroatoms. The van der Waals surface area contributed by atoms with Crippen molar-refractivity contribution in [3.8, 4) is 0 Å². The van der Waals surface area contributed by atoms with Crippen LogP contribution in [0.5, 0.6) is 0 Å². The summed E-state index contributed by atoms with van der Waals surface area (Å²) in [7, 11) is 0. The predicted molar refractivity (Wildman–Crippen MR) is 61.6 cm³/mol. The zero-order valence-electron chi connectivity index (χ0n) is 7.94. The third kappa shape index (κ3) is 2.54. The van der Waals surface area contributed by atoms with E-state index < -0.39 is 0 Å². The van der Waals surface area contributed by atoms with E-state index in [1.165, 1.54) is 0 Å². The highest BCUT2D eigenvalue weighted by Crippen LogP contribution is 2.22. The molecule has 0 saturated carbocycles. The molecule has 14 heavy (non-hydrogen) atoms. The van der Waals surface area contributed by atoms with Gasteiger partial charge in [0.05, 0.1) is 0 Å². The van der Waals surface area contributed by atoms with E-state index in [0.29, 0.717) is 5.15 Å². The first kappa shape index (κ1) is 10.7. The SMILES string of the molecule is C=N/C=C\C(=C/C)c1cccnc1Cl. The van der Waals surface area contributed by atoms with Crippen molar-refractivity contribution >= 4 is 23.9 Å². The van der Waals surface area contributed by atoms with Crippen LogP contribution in [0.1, 0.15) is 12.5 Å². The molecule has 1 heterocycles. The van der Waals surface area contributed by atoms with Crippen LogP contribution in [0.25, 0.3) is 5.57 Å². The Morgan fingerprint density at radius 3 is 3.00 bits per heavy atom. The average Bonchev–Trinajstić information content (AvgIpc) is 2.21. The first-order valence-corrected chi connectivity index (χ1v) is 4.57. The van der Waals surface area contributed by atoms with Gasteiger partial charge in [0.2, 0.25) is 0 Å². The van der Waals surface area contributed by atoms with Gasteiger partial charge in [-0.1, -0.05) is 17.7 Å². The molecule has 0 fully saturated rings. The van der Waals surface area contributed by atoms with E-state index in [-0.39, 0.29) is 0 Å². The van der Waals surface area contributed by atoms with Gasteiger partial charge in [-0.05, 0) is 37.4 Å². The Balaban J connectivity index is 3.08. The molecule has 0 saturated heterocycles. The lowest BCUT2D eigenvalue weighted by Crippen LogP contribution is -1.84. The van der Waals surface area contributed by atoms with Crippen LogP contribution in [0.2, 0.25) is 5.15 Å². The van der Waals surface area contributed by atoms with Crippen molar-refractivity contribution in [1.29, 1.82) is 0 Å². The van der Waals surface area contributed by atoms with Crippen LogP contribution in [-0.4, -0.2) is 11.7 Å². The summed E-state index contributed by atoms with van der Waals surface area (Å²) in [5.74, 6) is 0. The third-order valence-corrected chi connectivity index (χ3v) is 2.04. The van der Waals surface area contributed by atoms with Crippen molar-refractivity contribution in [3.05, 3.63) is 47.4 Å². The van der Waals surface area contributed by atoms with Crippen molar-refractivity contribution in [3.63, 3.8) is 0 Å². The molecule has 2 nitrogen and oxygen atoms in total. The molecule has 0 spiro atoms. The van der Waals surface area contributed by atoms with Gasteiger partial charge in [0.15, 0.2) is 0 Å². The van der Waals surface area contributed by atoms with Crippen molar-refractivity contribution < 1.29 is 0 Å². The lowest BCUT2D eigenvalue weighted by atomic mass is 10.1. The molecule has 0 bridgehead atoms. The van der Waals surface area contributed by atoms with Crippen LogP contribution < -0.4 is 0 Å². The summed E-state index contributed by atoms with van der Waals surface area (Å²) in [6.45, 7) is 5.31. The first-order valence-electron chi connectivity index (χ1n) is 4.19. The lowest BCUT2D eigenvalue weighted by Gasteiger charge is -2.02. The quantitative estimate of drug-likeness (QED) is 0.423. The lowest BCUT2D eigenvalue weighted by molar-refractivity contribution is 1.31. The second-order valence-electron chi connectivity index (χ2n) is 2.58. The highest BCUT2D eigenvalue weighted by atomic mass is 35.5. The molecular weight excluding hydrogens is 196 g/mol. The van der Waals surface area contributed by atoms with Gasteiger partial charge >= 0.3 is 0 Å². The minimum Gasteiger partial charge on any atom is -0.272 e. The number of rotatable bonds is 3. The Kier molecular flexibility index (Phi) is 4.08. The number of halogens is 1. The maximum Gasteiger partial charge on any atom is 0.136 e. The number of hydrogen-bond acceptors (Lipinski definition) is 2. The zero-order valence-corrected chi connectivity index (χ0v) is 8.70. The van der Waals surface area contributed by atoms with Gasteiger partial charge < -0.3 is 0 Å². The Morgan fingerprint density at radius 1 is 1.64 bits per heavy atom. The fraction of sp³-hybridized carbons (Fsp3) is 0.0909. The summed E-state index contributed by atoms with van der Waals surface area (Å²) >= 11 is 5.94. The predicted octanol–water partition coefficient (Wildman–Crippen LogP) is 3.35. The van der Waals surface area contributed by atoms with E-state index in [2.05, 4.69) is 16.7 Å². The van der Waals surface area contributed by atoms with Gasteiger partial charge in [-0.3, -0.25) is 4.99 Å². The number of pyridine rings is 1. The van der Waals surface area contributed by atoms with Crippen molar-refractivity contribution in [1.82, 2.24) is 4.98 Å². The molecule has 0 radical (unpaired) electrons. The summed E-state index contributed by atoms with van der Waals surface area (Å²) < 4.78 is 0. The third-order valence-electron chi connectivity index (χ3n) is 1.74. The fourth-order valence-corrected chi connectivity index (χ4v) is 1.30. The summed E-state index contributed by atoms with van der Waals surface area (Å²) in [5, 5.41) is 0.495. The topological polar surface area (TPSA) is 25.2 Å². The van der Waals surface area contributed by atoms with E-state index in [1.807, 2.05) is 31.2 Å². The van der Waals surface area contributed by atoms with E-state index >= 15 is 0 Å². The van der Waals surface area contributed by atoms with Gasteiger partial charge in [-0.15, -0.1) is 0 Å². The van der Waals surface area contributed by atoms with Crippen LogP contribution in [0.4, 0.5) is 0 Å². The Bertz CT molecular complexity index is 381. The summed E-state index contributed by atoms with van der Waals surface area (Å²) in [4.78, 5) is 7.64. The number of aliphatic imine (C=N–C) groups is 1. The monoisotopic (exact) mass is 206 g/mol. The molecule has 72 valence electrons. The molecule has 0 amide bonds. The zero-order chi connectivity index (χ0) is 10.4. The standard InChI is InChI=1S/C11H11ClN2/c1-3-9(6-8-13-2)10-5-4-7-14-11(10)12/h3-8H,2H2,1H3/b8-6-,9-3+. The first-order chi connectivity index (χ1) is 6.79. The molecule has 1 rings (SSSR count). The maximum absolute atomic E-state index is 5.94. The highest BCUT2D eigenvalue weighted by Gasteiger charge is 2.02. The van der Waals surface area contributed by atoms with Gasteiger partial charge in [0.25, 0.3) is 0 Å². The number of aromatic nitrogens is 1. The van der Waals surface area contributed by atoms with E-state index in [0.717, 1.165) is 11.1 Å². The molecular formula is C11H11ClN2. The number of hydrogen-bond donors (Lipinski definition) is 0. The Hall–Kier alpha value is -1.41. The molecule has 1 aromatic heterocycles. The molecule has 0 N–H and O–H groups in total. The number of nitrogens with zero attached hydrogens (tertiary/aromatic N) is 2. The molecule has 0 aromatic carbocycles. The van der Waals surface area contributed by atoms with Crippen LogP contribution in [0.15, 0.2) is 41.7 Å². The molecule has 0 aliphatic heterocycles. The largest absolute Gasteiger partial charge is 0.272 e. The van der Waals surface area contributed by atoms with E-state index in [1.54, 1.807) is 12.4 Å². The van der Waals surface area contributed by atoms with E-state index in [9.17, 15) is 0 Å². The van der Waals surface area contributed by atoms with Crippen molar-refractivity contribution in [2.75, 3.05) is 0 Å². The summed E-state index contributed by atoms with van der Waals surface area (Å²) in [5.41, 5.74) is 1.88. The van der Waals surface area contributed by atoms with Crippen molar-refractivity contribution in [2.45, 2.75) is 6.92 Å². The number of allylic oxidation sites excluding steroid dienone is 3. The van der Waals surface area contributed by atoms with Gasteiger partial charge in [-0.25, -0.2) is 4.98 Å². The minimum absolute atomic E-state index is 0.495. The second-order valence-corrected chi connectivity index (χ2v) is 2.94. The molecule has 0 unspecified atom stereocenters. The fourth-order valence-electron chi connectivity index (χ4n) is 1.08. The van der Waals surface area contributed by atoms with Gasteiger partial charge in [0.1, 0.15) is 5.15 Å². The van der Waals surface area contributed by atoms with Crippen LogP contribution in [0, 0.1) is 0 Å². The maximum atomic E-state index is 5.94. The van der Waals surface area contributed by atoms with Gasteiger partial charge in [0, 0.05) is 18.0 Å². The van der Waals surface area contributed by atoms with Crippen molar-refractivity contribution in [2.24, 2.45) is 4.99 Å². The normalized spacial score (nSPS) is 12.0. The van der Waals surface area contributed by atoms with Crippen LogP contribution in [0.3, 0.4) is 0 Å². The molecule has 1 aromatic rings. The van der Waals surface area contributed by atoms with E-state index in [4.69, 9.17) is 11.6 Å². The smallest absolute Gasteiger partial charge is 0.136 e. The molecule has 0 atom stereocenters. The molecule has 0 aliphatic rings. The Morgan fingerprint density at radius 2 is 2.43 bits per heavy atom.